The van der Waals surface area contributed by atoms with Crippen LogP contribution in [0.5, 0.6) is 0 Å². The monoisotopic (exact) mass is 265 g/mol. The predicted octanol–water partition coefficient (Wildman–Crippen LogP) is 4.52. The molecule has 1 aromatic carbocycles. The van der Waals surface area contributed by atoms with E-state index in [1.54, 1.807) is 7.11 Å². The summed E-state index contributed by atoms with van der Waals surface area (Å²) in [5.41, 5.74) is 2.67. The second-order valence-electron chi connectivity index (χ2n) is 4.39. The first kappa shape index (κ1) is 18.0. The van der Waals surface area contributed by atoms with Crippen LogP contribution in [0, 0.1) is 12.8 Å². The fraction of sp³-hybridized carbons (Fsp3) is 0.647. The van der Waals surface area contributed by atoms with E-state index in [2.05, 4.69) is 36.1 Å². The van der Waals surface area contributed by atoms with Crippen molar-refractivity contribution in [2.45, 2.75) is 41.0 Å². The fourth-order valence-electron chi connectivity index (χ4n) is 2.19. The zero-order valence-electron chi connectivity index (χ0n) is 13.6. The van der Waals surface area contributed by atoms with Crippen LogP contribution >= 0.6 is 0 Å². The van der Waals surface area contributed by atoms with Crippen LogP contribution in [0.25, 0.3) is 0 Å². The van der Waals surface area contributed by atoms with E-state index in [-0.39, 0.29) is 0 Å². The van der Waals surface area contributed by atoms with Gasteiger partial charge in [0.25, 0.3) is 0 Å². The Balaban J connectivity index is 0.000000741. The highest BCUT2D eigenvalue weighted by molar-refractivity contribution is 5.48. The number of nitrogens with zero attached hydrogens (tertiary/aromatic N) is 1. The van der Waals surface area contributed by atoms with Gasteiger partial charge in [-0.2, -0.15) is 0 Å². The molecule has 1 atom stereocenters. The third-order valence-electron chi connectivity index (χ3n) is 3.09. The Labute approximate surface area is 119 Å². The van der Waals surface area contributed by atoms with Gasteiger partial charge in [-0.1, -0.05) is 45.4 Å². The Morgan fingerprint density at radius 1 is 1.11 bits per heavy atom. The summed E-state index contributed by atoms with van der Waals surface area (Å²) in [6, 6.07) is 8.78. The number of anilines is 1. The molecule has 1 aliphatic rings. The van der Waals surface area contributed by atoms with Crippen LogP contribution < -0.4 is 4.90 Å². The minimum Gasteiger partial charge on any atom is -0.384 e. The molecule has 1 heterocycles. The van der Waals surface area contributed by atoms with E-state index in [9.17, 15) is 0 Å². The fourth-order valence-corrected chi connectivity index (χ4v) is 2.19. The molecule has 0 bridgehead atoms. The Morgan fingerprint density at radius 3 is 2.21 bits per heavy atom. The van der Waals surface area contributed by atoms with E-state index >= 15 is 0 Å². The molecule has 1 saturated heterocycles. The van der Waals surface area contributed by atoms with Gasteiger partial charge in [-0.25, -0.2) is 0 Å². The van der Waals surface area contributed by atoms with E-state index in [0.29, 0.717) is 5.92 Å². The molecule has 2 rings (SSSR count). The van der Waals surface area contributed by atoms with Gasteiger partial charge in [0.1, 0.15) is 0 Å². The number of rotatable bonds is 3. The van der Waals surface area contributed by atoms with E-state index in [1.807, 2.05) is 27.7 Å². The van der Waals surface area contributed by atoms with E-state index in [4.69, 9.17) is 4.74 Å². The summed E-state index contributed by atoms with van der Waals surface area (Å²) in [5.74, 6) is 0.705. The first-order valence-corrected chi connectivity index (χ1v) is 7.60. The summed E-state index contributed by atoms with van der Waals surface area (Å²) in [5, 5.41) is 0. The van der Waals surface area contributed by atoms with Gasteiger partial charge in [0.15, 0.2) is 0 Å². The van der Waals surface area contributed by atoms with Crippen molar-refractivity contribution in [3.8, 4) is 0 Å². The zero-order chi connectivity index (χ0) is 14.7. The van der Waals surface area contributed by atoms with Gasteiger partial charge in [0.2, 0.25) is 0 Å². The number of aryl methyl sites for hydroxylation is 1. The average molecular weight is 265 g/mol. The Hall–Kier alpha value is -1.02. The number of benzene rings is 1. The lowest BCUT2D eigenvalue weighted by atomic mass is 10.1. The van der Waals surface area contributed by atoms with Crippen LogP contribution in [0.15, 0.2) is 24.3 Å². The third-order valence-corrected chi connectivity index (χ3v) is 3.09. The van der Waals surface area contributed by atoms with Crippen LogP contribution in [0.1, 0.15) is 39.7 Å². The summed E-state index contributed by atoms with van der Waals surface area (Å²) < 4.78 is 5.20. The van der Waals surface area contributed by atoms with Gasteiger partial charge >= 0.3 is 0 Å². The first-order valence-electron chi connectivity index (χ1n) is 7.60. The van der Waals surface area contributed by atoms with Crippen molar-refractivity contribution in [3.63, 3.8) is 0 Å². The van der Waals surface area contributed by atoms with Crippen LogP contribution in [0.4, 0.5) is 5.69 Å². The lowest BCUT2D eigenvalue weighted by Crippen LogP contribution is -2.20. The van der Waals surface area contributed by atoms with Gasteiger partial charge < -0.3 is 9.64 Å². The lowest BCUT2D eigenvalue weighted by Gasteiger charge is -2.18. The van der Waals surface area contributed by atoms with Crippen molar-refractivity contribution in [1.29, 1.82) is 0 Å². The molecule has 0 N–H and O–H groups in total. The summed E-state index contributed by atoms with van der Waals surface area (Å²) >= 11 is 0. The van der Waals surface area contributed by atoms with Gasteiger partial charge in [-0.05, 0) is 25.5 Å². The molecular formula is C17H31NO. The molecule has 0 amide bonds. The van der Waals surface area contributed by atoms with E-state index in [0.717, 1.165) is 19.7 Å². The summed E-state index contributed by atoms with van der Waals surface area (Å²) in [4.78, 5) is 2.45. The normalized spacial score (nSPS) is 17.2. The largest absolute Gasteiger partial charge is 0.384 e. The second kappa shape index (κ2) is 10.9. The van der Waals surface area contributed by atoms with Crippen LogP contribution in [0.3, 0.4) is 0 Å². The predicted molar refractivity (Wildman–Crippen MR) is 86.1 cm³/mol. The van der Waals surface area contributed by atoms with Gasteiger partial charge in [0.05, 0.1) is 6.61 Å². The van der Waals surface area contributed by atoms with Gasteiger partial charge in [-0.15, -0.1) is 0 Å². The lowest BCUT2D eigenvalue weighted by molar-refractivity contribution is 0.161. The van der Waals surface area contributed by atoms with Crippen molar-refractivity contribution in [2.75, 3.05) is 31.7 Å². The summed E-state index contributed by atoms with van der Waals surface area (Å²) in [6.45, 7) is 13.3. The highest BCUT2D eigenvalue weighted by atomic mass is 16.5. The molecule has 0 saturated carbocycles. The maximum Gasteiger partial charge on any atom is 0.0508 e. The topological polar surface area (TPSA) is 12.5 Å². The second-order valence-corrected chi connectivity index (χ2v) is 4.39. The molecule has 2 heteroatoms. The molecule has 0 aromatic heterocycles. The highest BCUT2D eigenvalue weighted by Gasteiger charge is 2.22. The minimum atomic E-state index is 0.705. The Kier molecular flexibility index (Phi) is 10.3. The van der Waals surface area contributed by atoms with Crippen LogP contribution in [0.2, 0.25) is 0 Å². The summed E-state index contributed by atoms with van der Waals surface area (Å²) in [6.07, 6.45) is 1.25. The van der Waals surface area contributed by atoms with Crippen LogP contribution in [-0.4, -0.2) is 26.8 Å². The molecule has 1 aliphatic heterocycles. The molecule has 110 valence electrons. The average Bonchev–Trinajstić information content (AvgIpc) is 2.93. The Bertz CT molecular complexity index is 308. The highest BCUT2D eigenvalue weighted by Crippen LogP contribution is 2.23. The SMILES string of the molecule is CC.CC.COC[C@@H]1CCN(c2ccc(C)cc2)C1. The van der Waals surface area contributed by atoms with Crippen LogP contribution in [-0.2, 0) is 4.74 Å². The van der Waals surface area contributed by atoms with Crippen molar-refractivity contribution in [3.05, 3.63) is 29.8 Å². The molecular weight excluding hydrogens is 234 g/mol. The standard InChI is InChI=1S/C13H19NO.2C2H6/c1-11-3-5-13(6-4-11)14-8-7-12(9-14)10-15-2;2*1-2/h3-6,12H,7-10H2,1-2H3;2*1-2H3/t12-;;/m1../s1. The van der Waals surface area contributed by atoms with E-state index < -0.39 is 0 Å². The molecule has 1 aromatic rings. The van der Waals surface area contributed by atoms with Gasteiger partial charge in [0, 0.05) is 31.8 Å². The Morgan fingerprint density at radius 2 is 1.68 bits per heavy atom. The van der Waals surface area contributed by atoms with Crippen molar-refractivity contribution in [1.82, 2.24) is 0 Å². The first-order chi connectivity index (χ1) is 9.29. The molecule has 0 radical (unpaired) electrons. The maximum atomic E-state index is 5.20. The molecule has 0 unspecified atom stereocenters. The molecule has 0 aliphatic carbocycles. The quantitative estimate of drug-likeness (QED) is 0.796. The minimum absolute atomic E-state index is 0.705. The zero-order valence-corrected chi connectivity index (χ0v) is 13.6. The number of hydrogen-bond acceptors (Lipinski definition) is 2. The van der Waals surface area contributed by atoms with Crippen molar-refractivity contribution < 1.29 is 4.74 Å². The molecule has 0 spiro atoms. The van der Waals surface area contributed by atoms with Crippen molar-refractivity contribution >= 4 is 5.69 Å². The maximum absolute atomic E-state index is 5.20. The summed E-state index contributed by atoms with van der Waals surface area (Å²) in [7, 11) is 1.79. The van der Waals surface area contributed by atoms with Crippen molar-refractivity contribution in [2.24, 2.45) is 5.92 Å². The number of hydrogen-bond donors (Lipinski definition) is 0. The number of ether oxygens (including phenoxy) is 1. The molecule has 1 fully saturated rings. The molecule has 19 heavy (non-hydrogen) atoms. The smallest absolute Gasteiger partial charge is 0.0508 e. The number of methoxy groups -OCH3 is 1. The third kappa shape index (κ3) is 6.11. The van der Waals surface area contributed by atoms with E-state index in [1.165, 1.54) is 17.7 Å². The molecule has 2 nitrogen and oxygen atoms in total. The van der Waals surface area contributed by atoms with Gasteiger partial charge in [-0.3, -0.25) is 0 Å².